The van der Waals surface area contributed by atoms with Crippen molar-refractivity contribution in [2.75, 3.05) is 5.32 Å². The van der Waals surface area contributed by atoms with Gasteiger partial charge in [-0.05, 0) is 54.4 Å². The van der Waals surface area contributed by atoms with Gasteiger partial charge in [-0.1, -0.05) is 0 Å². The second kappa shape index (κ2) is 7.77. The highest BCUT2D eigenvalue weighted by atomic mass is 19.1. The molecule has 0 aliphatic carbocycles. The minimum atomic E-state index is -0.331. The highest BCUT2D eigenvalue weighted by molar-refractivity contribution is 5.74. The van der Waals surface area contributed by atoms with Crippen LogP contribution in [-0.4, -0.2) is 27.0 Å². The van der Waals surface area contributed by atoms with Gasteiger partial charge in [0.05, 0.1) is 0 Å². The van der Waals surface area contributed by atoms with Crippen LogP contribution in [0, 0.1) is 12.7 Å². The molecule has 0 saturated carbocycles. The normalized spacial score (nSPS) is 10.5. The SMILES string of the molecule is CC(=O)NCc1cc(Nc2ccc(F)cc2)nc(-n2cc(C)c(C=O)n2)c1. The van der Waals surface area contributed by atoms with Crippen LogP contribution in [-0.2, 0) is 11.3 Å². The Kier molecular flexibility index (Phi) is 5.25. The lowest BCUT2D eigenvalue weighted by Crippen LogP contribution is -2.19. The molecule has 0 atom stereocenters. The predicted molar refractivity (Wildman–Crippen MR) is 98.7 cm³/mol. The Morgan fingerprint density at radius 2 is 2.00 bits per heavy atom. The zero-order valence-electron chi connectivity index (χ0n) is 14.9. The van der Waals surface area contributed by atoms with E-state index in [9.17, 15) is 14.0 Å². The Morgan fingerprint density at radius 3 is 2.63 bits per heavy atom. The summed E-state index contributed by atoms with van der Waals surface area (Å²) in [5.41, 5.74) is 2.52. The fourth-order valence-corrected chi connectivity index (χ4v) is 2.47. The van der Waals surface area contributed by atoms with Gasteiger partial charge in [-0.3, -0.25) is 9.59 Å². The fraction of sp³-hybridized carbons (Fsp3) is 0.158. The standard InChI is InChI=1S/C19H18FN5O2/c1-12-10-25(24-17(12)11-26)19-8-14(9-21-13(2)27)7-18(23-19)22-16-5-3-15(20)4-6-16/h3-8,10-11H,9H2,1-2H3,(H,21,27)(H,22,23). The Labute approximate surface area is 155 Å². The molecular formula is C19H18FN5O2. The summed E-state index contributed by atoms with van der Waals surface area (Å²) in [4.78, 5) is 26.8. The molecule has 3 aromatic rings. The van der Waals surface area contributed by atoms with E-state index in [1.165, 1.54) is 23.7 Å². The molecule has 138 valence electrons. The van der Waals surface area contributed by atoms with Gasteiger partial charge < -0.3 is 10.6 Å². The third kappa shape index (κ3) is 4.55. The van der Waals surface area contributed by atoms with Crippen LogP contribution in [0.4, 0.5) is 15.9 Å². The van der Waals surface area contributed by atoms with Gasteiger partial charge in [-0.15, -0.1) is 0 Å². The van der Waals surface area contributed by atoms with E-state index in [1.54, 1.807) is 37.4 Å². The largest absolute Gasteiger partial charge is 0.352 e. The lowest BCUT2D eigenvalue weighted by Gasteiger charge is -2.11. The summed E-state index contributed by atoms with van der Waals surface area (Å²) in [5, 5.41) is 10.1. The maximum Gasteiger partial charge on any atom is 0.217 e. The monoisotopic (exact) mass is 367 g/mol. The van der Waals surface area contributed by atoms with Crippen molar-refractivity contribution in [1.29, 1.82) is 0 Å². The van der Waals surface area contributed by atoms with Crippen molar-refractivity contribution in [3.8, 4) is 5.82 Å². The number of halogens is 1. The van der Waals surface area contributed by atoms with E-state index in [-0.39, 0.29) is 11.7 Å². The molecule has 0 fully saturated rings. The molecule has 0 bridgehead atoms. The third-order valence-electron chi connectivity index (χ3n) is 3.81. The number of carbonyl (C=O) groups is 2. The van der Waals surface area contributed by atoms with Gasteiger partial charge in [0.2, 0.25) is 5.91 Å². The number of anilines is 2. The van der Waals surface area contributed by atoms with Crippen molar-refractivity contribution < 1.29 is 14.0 Å². The number of nitrogens with one attached hydrogen (secondary N) is 2. The van der Waals surface area contributed by atoms with Gasteiger partial charge >= 0.3 is 0 Å². The van der Waals surface area contributed by atoms with E-state index in [1.807, 2.05) is 0 Å². The minimum Gasteiger partial charge on any atom is -0.352 e. The van der Waals surface area contributed by atoms with Crippen molar-refractivity contribution in [2.45, 2.75) is 20.4 Å². The molecule has 2 heterocycles. The van der Waals surface area contributed by atoms with E-state index >= 15 is 0 Å². The van der Waals surface area contributed by atoms with Crippen molar-refractivity contribution in [1.82, 2.24) is 20.1 Å². The van der Waals surface area contributed by atoms with Gasteiger partial charge in [0.1, 0.15) is 17.3 Å². The first-order valence-corrected chi connectivity index (χ1v) is 8.24. The molecule has 1 aromatic carbocycles. The summed E-state index contributed by atoms with van der Waals surface area (Å²) in [5.74, 6) is 0.500. The quantitative estimate of drug-likeness (QED) is 0.654. The lowest BCUT2D eigenvalue weighted by atomic mass is 10.2. The van der Waals surface area contributed by atoms with Crippen LogP contribution in [0.5, 0.6) is 0 Å². The van der Waals surface area contributed by atoms with E-state index < -0.39 is 0 Å². The molecular weight excluding hydrogens is 349 g/mol. The molecule has 1 amide bonds. The number of aryl methyl sites for hydroxylation is 1. The predicted octanol–water partition coefficient (Wildman–Crippen LogP) is 2.91. The Morgan fingerprint density at radius 1 is 1.26 bits per heavy atom. The Bertz CT molecular complexity index is 982. The third-order valence-corrected chi connectivity index (χ3v) is 3.81. The second-order valence-corrected chi connectivity index (χ2v) is 6.02. The van der Waals surface area contributed by atoms with Crippen LogP contribution in [0.1, 0.15) is 28.5 Å². The summed E-state index contributed by atoms with van der Waals surface area (Å²) < 4.78 is 14.6. The molecule has 0 saturated heterocycles. The lowest BCUT2D eigenvalue weighted by molar-refractivity contribution is -0.119. The van der Waals surface area contributed by atoms with Crippen molar-refractivity contribution in [3.63, 3.8) is 0 Å². The molecule has 0 unspecified atom stereocenters. The maximum absolute atomic E-state index is 13.1. The molecule has 0 aliphatic heterocycles. The molecule has 2 N–H and O–H groups in total. The van der Waals surface area contributed by atoms with E-state index in [2.05, 4.69) is 20.7 Å². The van der Waals surface area contributed by atoms with Crippen LogP contribution in [0.25, 0.3) is 5.82 Å². The highest BCUT2D eigenvalue weighted by Crippen LogP contribution is 2.20. The number of nitrogens with zero attached hydrogens (tertiary/aromatic N) is 3. The first-order valence-electron chi connectivity index (χ1n) is 8.24. The number of pyridine rings is 1. The van der Waals surface area contributed by atoms with E-state index in [0.29, 0.717) is 35.8 Å². The van der Waals surface area contributed by atoms with Crippen LogP contribution in [0.2, 0.25) is 0 Å². The fourth-order valence-electron chi connectivity index (χ4n) is 2.47. The number of hydrogen-bond acceptors (Lipinski definition) is 5. The number of aromatic nitrogens is 3. The van der Waals surface area contributed by atoms with E-state index in [0.717, 1.165) is 11.1 Å². The molecule has 0 spiro atoms. The average Bonchev–Trinajstić information content (AvgIpc) is 3.03. The highest BCUT2D eigenvalue weighted by Gasteiger charge is 2.10. The molecule has 0 radical (unpaired) electrons. The van der Waals surface area contributed by atoms with Gasteiger partial charge in [-0.25, -0.2) is 14.1 Å². The van der Waals surface area contributed by atoms with Crippen LogP contribution < -0.4 is 10.6 Å². The zero-order valence-corrected chi connectivity index (χ0v) is 14.9. The topological polar surface area (TPSA) is 88.9 Å². The summed E-state index contributed by atoms with van der Waals surface area (Å²) in [7, 11) is 0. The summed E-state index contributed by atoms with van der Waals surface area (Å²) in [6, 6.07) is 9.43. The average molecular weight is 367 g/mol. The molecule has 7 nitrogen and oxygen atoms in total. The number of hydrogen-bond donors (Lipinski definition) is 2. The Hall–Kier alpha value is -3.55. The molecule has 0 aliphatic rings. The smallest absolute Gasteiger partial charge is 0.217 e. The van der Waals surface area contributed by atoms with Gasteiger partial charge in [-0.2, -0.15) is 5.10 Å². The maximum atomic E-state index is 13.1. The van der Waals surface area contributed by atoms with Gasteiger partial charge in [0.25, 0.3) is 0 Å². The minimum absolute atomic E-state index is 0.153. The van der Waals surface area contributed by atoms with Crippen LogP contribution in [0.3, 0.4) is 0 Å². The van der Waals surface area contributed by atoms with Gasteiger partial charge in [0, 0.05) is 25.4 Å². The molecule has 27 heavy (non-hydrogen) atoms. The van der Waals surface area contributed by atoms with E-state index in [4.69, 9.17) is 0 Å². The van der Waals surface area contributed by atoms with Crippen LogP contribution >= 0.6 is 0 Å². The first kappa shape index (κ1) is 18.2. The first-order chi connectivity index (χ1) is 12.9. The number of rotatable bonds is 6. The summed E-state index contributed by atoms with van der Waals surface area (Å²) in [6.45, 7) is 3.53. The molecule has 2 aromatic heterocycles. The summed E-state index contributed by atoms with van der Waals surface area (Å²) in [6.07, 6.45) is 2.39. The number of benzene rings is 1. The second-order valence-electron chi connectivity index (χ2n) is 6.02. The van der Waals surface area contributed by atoms with Crippen molar-refractivity contribution >= 4 is 23.7 Å². The number of carbonyl (C=O) groups excluding carboxylic acids is 2. The Balaban J connectivity index is 1.97. The van der Waals surface area contributed by atoms with Crippen molar-refractivity contribution in [3.05, 3.63) is 65.2 Å². The number of amides is 1. The zero-order chi connectivity index (χ0) is 19.4. The van der Waals surface area contributed by atoms with Crippen molar-refractivity contribution in [2.24, 2.45) is 0 Å². The van der Waals surface area contributed by atoms with Crippen LogP contribution in [0.15, 0.2) is 42.6 Å². The molecule has 8 heteroatoms. The summed E-state index contributed by atoms with van der Waals surface area (Å²) >= 11 is 0. The molecule has 3 rings (SSSR count). The number of aldehydes is 1. The van der Waals surface area contributed by atoms with Gasteiger partial charge in [0.15, 0.2) is 12.1 Å².